The van der Waals surface area contributed by atoms with E-state index < -0.39 is 0 Å². The molecule has 1 atom stereocenters. The molecule has 1 saturated heterocycles. The van der Waals surface area contributed by atoms with E-state index in [0.717, 1.165) is 32.4 Å². The molecule has 1 N–H and O–H groups in total. The van der Waals surface area contributed by atoms with Crippen molar-refractivity contribution in [1.82, 2.24) is 4.90 Å². The summed E-state index contributed by atoms with van der Waals surface area (Å²) in [6, 6.07) is 0. The van der Waals surface area contributed by atoms with Gasteiger partial charge in [0.05, 0.1) is 0 Å². The SMILES string of the molecule is C=CC(=O)N1CCCC(CCO)C1. The minimum absolute atomic E-state index is 0.0163. The van der Waals surface area contributed by atoms with Gasteiger partial charge in [0.1, 0.15) is 0 Å². The second-order valence-electron chi connectivity index (χ2n) is 3.51. The van der Waals surface area contributed by atoms with E-state index in [1.54, 1.807) is 0 Å². The van der Waals surface area contributed by atoms with E-state index in [1.165, 1.54) is 6.08 Å². The van der Waals surface area contributed by atoms with Gasteiger partial charge in [-0.3, -0.25) is 4.79 Å². The number of rotatable bonds is 3. The quantitative estimate of drug-likeness (QED) is 0.657. The summed E-state index contributed by atoms with van der Waals surface area (Å²) in [7, 11) is 0. The highest BCUT2D eigenvalue weighted by Gasteiger charge is 2.21. The number of amides is 1. The zero-order valence-electron chi connectivity index (χ0n) is 7.91. The van der Waals surface area contributed by atoms with E-state index in [9.17, 15) is 4.79 Å². The zero-order chi connectivity index (χ0) is 9.68. The van der Waals surface area contributed by atoms with Crippen molar-refractivity contribution < 1.29 is 9.90 Å². The van der Waals surface area contributed by atoms with Crippen LogP contribution in [-0.4, -0.2) is 35.6 Å². The summed E-state index contributed by atoms with van der Waals surface area (Å²) in [6.07, 6.45) is 4.34. The summed E-state index contributed by atoms with van der Waals surface area (Å²) in [5.74, 6) is 0.491. The molecule has 0 aromatic rings. The third kappa shape index (κ3) is 2.84. The third-order valence-corrected chi connectivity index (χ3v) is 2.54. The molecule has 1 aliphatic heterocycles. The predicted molar refractivity (Wildman–Crippen MR) is 51.2 cm³/mol. The Morgan fingerprint density at radius 2 is 2.46 bits per heavy atom. The molecule has 13 heavy (non-hydrogen) atoms. The summed E-state index contributed by atoms with van der Waals surface area (Å²) >= 11 is 0. The third-order valence-electron chi connectivity index (χ3n) is 2.54. The van der Waals surface area contributed by atoms with E-state index in [-0.39, 0.29) is 12.5 Å². The second kappa shape index (κ2) is 5.02. The molecule has 1 aliphatic rings. The fourth-order valence-corrected chi connectivity index (χ4v) is 1.81. The maximum Gasteiger partial charge on any atom is 0.245 e. The van der Waals surface area contributed by atoms with Crippen LogP contribution in [0.3, 0.4) is 0 Å². The highest BCUT2D eigenvalue weighted by Crippen LogP contribution is 2.19. The molecule has 0 aromatic heterocycles. The fraction of sp³-hybridized carbons (Fsp3) is 0.700. The standard InChI is InChI=1S/C10H17NO2/c1-2-10(13)11-6-3-4-9(8-11)5-7-12/h2,9,12H,1,3-8H2. The Hall–Kier alpha value is -0.830. The predicted octanol–water partition coefficient (Wildman–Crippen LogP) is 0.793. The molecular formula is C10H17NO2. The topological polar surface area (TPSA) is 40.5 Å². The van der Waals surface area contributed by atoms with Crippen LogP contribution in [0, 0.1) is 5.92 Å². The lowest BCUT2D eigenvalue weighted by atomic mass is 9.95. The average Bonchev–Trinajstić information content (AvgIpc) is 2.18. The molecule has 74 valence electrons. The van der Waals surface area contributed by atoms with Gasteiger partial charge in [-0.2, -0.15) is 0 Å². The number of likely N-dealkylation sites (tertiary alicyclic amines) is 1. The van der Waals surface area contributed by atoms with Crippen LogP contribution in [0.25, 0.3) is 0 Å². The van der Waals surface area contributed by atoms with Gasteiger partial charge in [-0.05, 0) is 31.3 Å². The Balaban J connectivity index is 2.41. The molecule has 0 aromatic carbocycles. The minimum Gasteiger partial charge on any atom is -0.396 e. The zero-order valence-corrected chi connectivity index (χ0v) is 7.91. The Labute approximate surface area is 79.0 Å². The number of hydrogen-bond acceptors (Lipinski definition) is 2. The van der Waals surface area contributed by atoms with Gasteiger partial charge < -0.3 is 10.0 Å². The number of aliphatic hydroxyl groups is 1. The molecule has 0 spiro atoms. The van der Waals surface area contributed by atoms with Gasteiger partial charge in [-0.25, -0.2) is 0 Å². The van der Waals surface area contributed by atoms with E-state index in [1.807, 2.05) is 4.90 Å². The summed E-state index contributed by atoms with van der Waals surface area (Å²) < 4.78 is 0. The summed E-state index contributed by atoms with van der Waals surface area (Å²) in [6.45, 7) is 5.31. The summed E-state index contributed by atoms with van der Waals surface area (Å²) in [4.78, 5) is 13.1. The largest absolute Gasteiger partial charge is 0.396 e. The molecule has 1 amide bonds. The first-order valence-corrected chi connectivity index (χ1v) is 4.80. The first kappa shape index (κ1) is 10.3. The number of hydrogen-bond donors (Lipinski definition) is 1. The molecule has 1 unspecified atom stereocenters. The molecule has 0 saturated carbocycles. The lowest BCUT2D eigenvalue weighted by Crippen LogP contribution is -2.39. The Morgan fingerprint density at radius 1 is 1.69 bits per heavy atom. The van der Waals surface area contributed by atoms with Gasteiger partial charge in [-0.1, -0.05) is 6.58 Å². The second-order valence-corrected chi connectivity index (χ2v) is 3.51. The van der Waals surface area contributed by atoms with Gasteiger partial charge in [0.2, 0.25) is 5.91 Å². The molecule has 1 fully saturated rings. The highest BCUT2D eigenvalue weighted by atomic mass is 16.3. The van der Waals surface area contributed by atoms with Gasteiger partial charge in [0.15, 0.2) is 0 Å². The van der Waals surface area contributed by atoms with Crippen LogP contribution < -0.4 is 0 Å². The smallest absolute Gasteiger partial charge is 0.245 e. The first-order chi connectivity index (χ1) is 6.27. The molecule has 1 rings (SSSR count). The van der Waals surface area contributed by atoms with Gasteiger partial charge in [-0.15, -0.1) is 0 Å². The van der Waals surface area contributed by atoms with Gasteiger partial charge in [0.25, 0.3) is 0 Å². The van der Waals surface area contributed by atoms with E-state index in [2.05, 4.69) is 6.58 Å². The van der Waals surface area contributed by atoms with Crippen LogP contribution in [0.4, 0.5) is 0 Å². The van der Waals surface area contributed by atoms with Crippen molar-refractivity contribution in [3.63, 3.8) is 0 Å². The average molecular weight is 183 g/mol. The number of carbonyl (C=O) groups is 1. The normalized spacial score (nSPS) is 22.8. The molecule has 3 nitrogen and oxygen atoms in total. The van der Waals surface area contributed by atoms with Gasteiger partial charge in [0, 0.05) is 19.7 Å². The van der Waals surface area contributed by atoms with Crippen molar-refractivity contribution >= 4 is 5.91 Å². The molecule has 0 radical (unpaired) electrons. The van der Waals surface area contributed by atoms with E-state index >= 15 is 0 Å². The Bertz CT molecular complexity index is 189. The van der Waals surface area contributed by atoms with Crippen molar-refractivity contribution in [2.45, 2.75) is 19.3 Å². The lowest BCUT2D eigenvalue weighted by Gasteiger charge is -2.31. The first-order valence-electron chi connectivity index (χ1n) is 4.80. The maximum atomic E-state index is 11.3. The molecule has 0 aliphatic carbocycles. The van der Waals surface area contributed by atoms with Crippen LogP contribution in [0.15, 0.2) is 12.7 Å². The number of carbonyl (C=O) groups excluding carboxylic acids is 1. The van der Waals surface area contributed by atoms with Crippen molar-refractivity contribution in [2.75, 3.05) is 19.7 Å². The highest BCUT2D eigenvalue weighted by molar-refractivity contribution is 5.87. The number of piperidine rings is 1. The number of nitrogens with zero attached hydrogens (tertiary/aromatic N) is 1. The van der Waals surface area contributed by atoms with E-state index in [0.29, 0.717) is 5.92 Å². The van der Waals surface area contributed by atoms with Crippen LogP contribution in [0.2, 0.25) is 0 Å². The van der Waals surface area contributed by atoms with Crippen molar-refractivity contribution in [2.24, 2.45) is 5.92 Å². The maximum absolute atomic E-state index is 11.3. The molecule has 3 heteroatoms. The van der Waals surface area contributed by atoms with Crippen LogP contribution >= 0.6 is 0 Å². The van der Waals surface area contributed by atoms with Gasteiger partial charge >= 0.3 is 0 Å². The van der Waals surface area contributed by atoms with E-state index in [4.69, 9.17) is 5.11 Å². The minimum atomic E-state index is 0.0163. The van der Waals surface area contributed by atoms with Crippen LogP contribution in [-0.2, 0) is 4.79 Å². The molecular weight excluding hydrogens is 166 g/mol. The summed E-state index contributed by atoms with van der Waals surface area (Å²) in [5.41, 5.74) is 0. The monoisotopic (exact) mass is 183 g/mol. The fourth-order valence-electron chi connectivity index (χ4n) is 1.81. The van der Waals surface area contributed by atoms with Crippen molar-refractivity contribution in [3.8, 4) is 0 Å². The van der Waals surface area contributed by atoms with Crippen LogP contribution in [0.5, 0.6) is 0 Å². The molecule has 0 bridgehead atoms. The molecule has 1 heterocycles. The summed E-state index contributed by atoms with van der Waals surface area (Å²) in [5, 5.41) is 8.78. The number of aliphatic hydroxyl groups excluding tert-OH is 1. The van der Waals surface area contributed by atoms with Crippen LogP contribution in [0.1, 0.15) is 19.3 Å². The van der Waals surface area contributed by atoms with Crippen molar-refractivity contribution in [1.29, 1.82) is 0 Å². The Kier molecular flexibility index (Phi) is 3.96. The Morgan fingerprint density at radius 3 is 3.08 bits per heavy atom. The van der Waals surface area contributed by atoms with Crippen molar-refractivity contribution in [3.05, 3.63) is 12.7 Å². The lowest BCUT2D eigenvalue weighted by molar-refractivity contribution is -0.127.